The van der Waals surface area contributed by atoms with Crippen LogP contribution in [0.2, 0.25) is 0 Å². The zero-order chi connectivity index (χ0) is 102. The molecule has 0 aliphatic heterocycles. The maximum Gasteiger partial charge on any atom is 0.326 e. The normalized spacial score (nSPS) is 14.3. The van der Waals surface area contributed by atoms with Crippen LogP contribution in [-0.4, -0.2) is 331 Å². The summed E-state index contributed by atoms with van der Waals surface area (Å²) in [5.41, 5.74) is 15.0. The van der Waals surface area contributed by atoms with E-state index < -0.39 is 377 Å². The van der Waals surface area contributed by atoms with Crippen molar-refractivity contribution < 1.29 is 176 Å². The number of phenols is 1. The van der Waals surface area contributed by atoms with Gasteiger partial charge >= 0.3 is 59.4 Å². The van der Waals surface area contributed by atoms with Crippen molar-refractivity contribution in [1.82, 2.24) is 74.4 Å². The van der Waals surface area contributed by atoms with Crippen molar-refractivity contribution >= 4 is 189 Å². The van der Waals surface area contributed by atoms with Crippen LogP contribution in [-0.2, 0) is 126 Å². The van der Waals surface area contributed by atoms with Gasteiger partial charge < -0.3 is 143 Å². The van der Waals surface area contributed by atoms with Crippen LogP contribution in [0, 0.1) is 16.0 Å². The van der Waals surface area contributed by atoms with Crippen LogP contribution in [0.3, 0.4) is 0 Å². The average Bonchev–Trinajstić information content (AvgIpc) is 0.841. The lowest BCUT2D eigenvalue weighted by Gasteiger charge is -2.28. The Balaban J connectivity index is 4.03. The molecule has 0 aliphatic rings. The molecule has 30 N–H and O–H groups in total. The Kier molecular flexibility index (Phi) is 53.8. The third-order valence-electron chi connectivity index (χ3n) is 18.9. The van der Waals surface area contributed by atoms with Gasteiger partial charge in [-0.15, -0.1) is 0 Å². The van der Waals surface area contributed by atoms with Crippen molar-refractivity contribution in [2.75, 3.05) is 36.0 Å². The van der Waals surface area contributed by atoms with Gasteiger partial charge in [0.2, 0.25) is 94.5 Å². The Morgan fingerprint density at radius 1 is 0.321 bits per heavy atom. The van der Waals surface area contributed by atoms with Gasteiger partial charge in [-0.25, -0.2) is 4.79 Å². The molecule has 0 saturated carbocycles. The Morgan fingerprint density at radius 3 is 0.836 bits per heavy atom. The molecule has 55 nitrogen and oxygen atoms in total. The number of phenolic OH excluding ortho intramolecular Hbond substituents is 1. The summed E-state index contributed by atoms with van der Waals surface area (Å²) in [7, 11) is 0. The number of carbonyl (C=O) groups is 25. The van der Waals surface area contributed by atoms with Gasteiger partial charge in [0.15, 0.2) is 5.75 Å². The Bertz CT molecular complexity index is 4430. The molecule has 15 atom stereocenters. The summed E-state index contributed by atoms with van der Waals surface area (Å²) in [4.78, 5) is 341. The zero-order valence-electron chi connectivity index (χ0n) is 72.8. The number of hydrogen-bond donors (Lipinski definition) is 27. The molecule has 134 heavy (non-hydrogen) atoms. The van der Waals surface area contributed by atoms with Crippen LogP contribution in [0.25, 0.3) is 0 Å². The molecule has 58 heteroatoms. The molecule has 0 spiro atoms. The number of hydrogen-bond acceptors (Lipinski definition) is 32. The molecule has 0 radical (unpaired) electrons. The molecule has 746 valence electrons. The number of primary amides is 2. The predicted molar refractivity (Wildman–Crippen MR) is 463 cm³/mol. The van der Waals surface area contributed by atoms with E-state index in [1.807, 2.05) is 26.6 Å². The van der Waals surface area contributed by atoms with Gasteiger partial charge in [0.25, 0.3) is 0 Å². The number of aromatic hydroxyl groups is 1. The molecule has 16 amide bonds. The average molecular weight is 1970 g/mol. The highest BCUT2D eigenvalue weighted by molar-refractivity contribution is 7.99. The van der Waals surface area contributed by atoms with Crippen LogP contribution in [0.15, 0.2) is 18.2 Å². The zero-order valence-corrected chi connectivity index (χ0v) is 75.3. The van der Waals surface area contributed by atoms with Crippen LogP contribution in [0.4, 0.5) is 5.69 Å². The number of carboxylic acid groups (broad SMARTS) is 9. The number of carbonyl (C=O) groups excluding carboxylic acids is 16. The summed E-state index contributed by atoms with van der Waals surface area (Å²) in [5, 5.41) is 140. The van der Waals surface area contributed by atoms with Gasteiger partial charge in [-0.2, -0.15) is 35.3 Å². The summed E-state index contributed by atoms with van der Waals surface area (Å²) in [6.45, 7) is 3.04. The molecule has 0 fully saturated rings. The van der Waals surface area contributed by atoms with E-state index in [9.17, 15) is 181 Å². The molecular formula is C76H112N18O37S3. The Hall–Kier alpha value is -13.8. The largest absolute Gasteiger partial charge is 0.502 e. The first kappa shape index (κ1) is 118. The number of aliphatic carboxylic acids is 9. The smallest absolute Gasteiger partial charge is 0.326 e. The Labute approximate surface area is 774 Å². The minimum Gasteiger partial charge on any atom is -0.502 e. The van der Waals surface area contributed by atoms with Crippen LogP contribution in [0.5, 0.6) is 5.75 Å². The molecule has 0 aliphatic carbocycles. The van der Waals surface area contributed by atoms with Crippen LogP contribution < -0.4 is 91.6 Å². The first-order valence-electron chi connectivity index (χ1n) is 40.6. The molecule has 1 rings (SSSR count). The summed E-state index contributed by atoms with van der Waals surface area (Å²) in [6.07, 6.45) is -12.6. The number of carboxylic acids is 9. The molecule has 0 heterocycles. The van der Waals surface area contributed by atoms with Gasteiger partial charge in [0, 0.05) is 51.0 Å². The van der Waals surface area contributed by atoms with E-state index in [-0.39, 0.29) is 36.3 Å². The van der Waals surface area contributed by atoms with Crippen molar-refractivity contribution in [2.45, 2.75) is 239 Å². The molecular weight excluding hydrogens is 1850 g/mol. The second kappa shape index (κ2) is 61.0. The third kappa shape index (κ3) is 47.3. The maximum atomic E-state index is 14.8. The van der Waals surface area contributed by atoms with Crippen molar-refractivity contribution in [3.05, 3.63) is 33.9 Å². The quantitative estimate of drug-likeness (QED) is 0.0213. The molecule has 0 aromatic heterocycles. The van der Waals surface area contributed by atoms with E-state index in [0.717, 1.165) is 29.6 Å². The predicted octanol–water partition coefficient (Wildman–Crippen LogP) is -7.76. The minimum absolute atomic E-state index is 0.0124. The SMILES string of the molecule is CSCC[C@H](NC(=O)[C@H](CCSC)NC(=O)[C@H](CC(=O)O)NC(=O)[C@H](CCC(=O)O)NC(=O)[C@H](Cc1ccc(O)c([N+](=O)[O-])c1)NC(=O)[C@H](CC(=O)O)NC(=O)[C@H](CC(=O)O)NC(=O)[C@H](CCC(N)=O)NC(=O)[C@H](CC(C)C)NC(=O)[C@H](CCC(=O)O)NC(=O)[C@H](CCC(=O)O)NC(=O)[C@@H](N)CCSC)C(=O)N[C@@H](CCC(=O)O)C(=O)N[C@@H](CCC(=O)O)C(=O)N[C@@H](CC(N)=O)C(=O)O. The number of nitro benzene ring substituents is 1. The van der Waals surface area contributed by atoms with E-state index in [4.69, 9.17) is 17.2 Å². The standard InChI is InChI=1S/C76H112N18O37S3/c1-33(2)26-44(88-66(118)39(10-17-56(102)103)81-63(115)37(8-15-54(98)99)80-62(114)35(77)20-23-132-3)71(123)84-36(7-14-52(78)96)65(117)91-47(31-60(110)111)75(127)92-48(32-61(112)113)74(126)89-45(27-34-6-13-51(95)50(28-34)94(130)131)72(124)85-40(11-18-57(104)105)67(119)90-46(30-59(108)109)73(125)87-43(22-25-134-5)70(122)86-42(21-24-133-4)69(121)83-38(9-16-55(100)101)64(116)82-41(12-19-58(106)107)68(120)93-49(76(128)129)29-53(79)97/h6,13,28,33,35-49,95H,7-12,14-27,29-32,77H2,1-5H3,(H2,78,96)(H2,79,97)(H,80,114)(H,81,115)(H,82,116)(H,83,121)(H,84,123)(H,85,124)(H,86,122)(H,87,125)(H,88,118)(H,89,126)(H,90,119)(H,91,117)(H,92,127)(H,93,120)(H,98,99)(H,100,101)(H,102,103)(H,104,105)(H,106,107)(H,108,109)(H,110,111)(H,112,113)(H,128,129)/t35-,36-,37-,38-,39-,40-,41-,42-,43-,44-,45-,46-,47-,48-,49-/m0/s1. The van der Waals surface area contributed by atoms with Crippen molar-refractivity contribution in [1.29, 1.82) is 0 Å². The number of nitrogens with two attached hydrogens (primary N) is 3. The number of nitrogens with one attached hydrogen (secondary N) is 14. The van der Waals surface area contributed by atoms with E-state index in [1.165, 1.54) is 31.9 Å². The summed E-state index contributed by atoms with van der Waals surface area (Å²) < 4.78 is 0. The molecule has 1 aromatic rings. The summed E-state index contributed by atoms with van der Waals surface area (Å²) >= 11 is 3.47. The highest BCUT2D eigenvalue weighted by Gasteiger charge is 2.41. The molecule has 1 aromatic carbocycles. The maximum absolute atomic E-state index is 14.8. The molecule has 0 unspecified atom stereocenters. The monoisotopic (exact) mass is 1960 g/mol. The van der Waals surface area contributed by atoms with E-state index in [0.29, 0.717) is 17.9 Å². The fourth-order valence-electron chi connectivity index (χ4n) is 12.0. The molecule has 0 bridgehead atoms. The fourth-order valence-corrected chi connectivity index (χ4v) is 13.4. The molecule has 0 saturated heterocycles. The van der Waals surface area contributed by atoms with E-state index >= 15 is 0 Å². The highest BCUT2D eigenvalue weighted by atomic mass is 32.2. The lowest BCUT2D eigenvalue weighted by Crippen LogP contribution is -2.61. The second-order valence-corrected chi connectivity index (χ2v) is 33.1. The number of thioether (sulfide) groups is 3. The van der Waals surface area contributed by atoms with Crippen molar-refractivity contribution in [2.24, 2.45) is 23.1 Å². The van der Waals surface area contributed by atoms with Gasteiger partial charge in [0.1, 0.15) is 84.6 Å². The van der Waals surface area contributed by atoms with Gasteiger partial charge in [-0.05, 0) is 118 Å². The lowest BCUT2D eigenvalue weighted by molar-refractivity contribution is -0.385. The van der Waals surface area contributed by atoms with E-state index in [1.54, 1.807) is 12.5 Å². The van der Waals surface area contributed by atoms with E-state index in [2.05, 4.69) is 47.9 Å². The summed E-state index contributed by atoms with van der Waals surface area (Å²) in [6, 6.07) is -27.9. The lowest BCUT2D eigenvalue weighted by atomic mass is 10.0. The van der Waals surface area contributed by atoms with Crippen LogP contribution in [0.1, 0.15) is 148 Å². The number of nitrogens with zero attached hydrogens (tertiary/aromatic N) is 1. The minimum atomic E-state index is -2.54. The first-order valence-corrected chi connectivity index (χ1v) is 44.8. The van der Waals surface area contributed by atoms with Gasteiger partial charge in [-0.3, -0.25) is 125 Å². The second-order valence-electron chi connectivity index (χ2n) is 30.2. The third-order valence-corrected chi connectivity index (χ3v) is 20.8. The van der Waals surface area contributed by atoms with Crippen molar-refractivity contribution in [3.8, 4) is 5.75 Å². The fraction of sp³-hybridized carbons (Fsp3) is 0.592. The van der Waals surface area contributed by atoms with Gasteiger partial charge in [0.05, 0.1) is 36.6 Å². The van der Waals surface area contributed by atoms with Crippen molar-refractivity contribution in [3.63, 3.8) is 0 Å². The van der Waals surface area contributed by atoms with Gasteiger partial charge in [-0.1, -0.05) is 19.9 Å². The summed E-state index contributed by atoms with van der Waals surface area (Å²) in [5.74, 6) is -38.7. The first-order chi connectivity index (χ1) is 62.6. The number of benzene rings is 1. The number of rotatable bonds is 69. The Morgan fingerprint density at radius 2 is 0.567 bits per heavy atom. The van der Waals surface area contributed by atoms with Crippen LogP contribution >= 0.6 is 35.3 Å². The topological polar surface area (TPSA) is 919 Å². The number of amides is 16. The highest BCUT2D eigenvalue weighted by Crippen LogP contribution is 2.27. The number of nitro groups is 1.